The molecular formula is C18H24BrN5OS. The van der Waals surface area contributed by atoms with E-state index in [-0.39, 0.29) is 11.2 Å². The Balaban J connectivity index is 1.73. The molecule has 2 N–H and O–H groups in total. The van der Waals surface area contributed by atoms with Crippen molar-refractivity contribution in [1.82, 2.24) is 19.8 Å². The number of hydrogen-bond acceptors (Lipinski definition) is 5. The van der Waals surface area contributed by atoms with Crippen LogP contribution in [0.1, 0.15) is 27.2 Å². The zero-order valence-corrected chi connectivity index (χ0v) is 17.6. The summed E-state index contributed by atoms with van der Waals surface area (Å²) in [6.45, 7) is 7.96. The van der Waals surface area contributed by atoms with Gasteiger partial charge in [-0.25, -0.2) is 4.68 Å². The first kappa shape index (κ1) is 19.2. The van der Waals surface area contributed by atoms with E-state index in [0.29, 0.717) is 22.8 Å². The summed E-state index contributed by atoms with van der Waals surface area (Å²) in [5, 5.41) is 8.68. The molecular weight excluding hydrogens is 414 g/mol. The van der Waals surface area contributed by atoms with Gasteiger partial charge in [0.15, 0.2) is 5.82 Å². The molecule has 0 spiro atoms. The number of thioether (sulfide) groups is 1. The summed E-state index contributed by atoms with van der Waals surface area (Å²) in [4.78, 5) is 14.8. The van der Waals surface area contributed by atoms with Gasteiger partial charge in [-0.05, 0) is 37.3 Å². The van der Waals surface area contributed by atoms with Crippen molar-refractivity contribution in [3.05, 3.63) is 28.7 Å². The Kier molecular flexibility index (Phi) is 5.92. The summed E-state index contributed by atoms with van der Waals surface area (Å²) < 4.78 is 2.35. The van der Waals surface area contributed by atoms with Gasteiger partial charge in [0.2, 0.25) is 11.1 Å². The third kappa shape index (κ3) is 4.06. The number of amides is 1. The van der Waals surface area contributed by atoms with Gasteiger partial charge in [0.25, 0.3) is 0 Å². The molecule has 0 aliphatic carbocycles. The van der Waals surface area contributed by atoms with Crippen LogP contribution < -0.4 is 5.84 Å². The van der Waals surface area contributed by atoms with Crippen molar-refractivity contribution in [2.45, 2.75) is 37.6 Å². The van der Waals surface area contributed by atoms with E-state index >= 15 is 0 Å². The smallest absolute Gasteiger partial charge is 0.235 e. The van der Waals surface area contributed by atoms with Crippen molar-refractivity contribution in [3.8, 4) is 11.4 Å². The molecule has 6 nitrogen and oxygen atoms in total. The van der Waals surface area contributed by atoms with Crippen molar-refractivity contribution < 1.29 is 4.79 Å². The highest BCUT2D eigenvalue weighted by Crippen LogP contribution is 2.30. The molecule has 1 aliphatic rings. The molecule has 0 saturated carbocycles. The van der Waals surface area contributed by atoms with Gasteiger partial charge in [-0.15, -0.1) is 10.2 Å². The normalized spacial score (nSPS) is 21.6. The molecule has 8 heteroatoms. The van der Waals surface area contributed by atoms with E-state index < -0.39 is 0 Å². The fourth-order valence-electron chi connectivity index (χ4n) is 3.49. The first-order valence-corrected chi connectivity index (χ1v) is 10.4. The monoisotopic (exact) mass is 437 g/mol. The number of nitrogens with zero attached hydrogens (tertiary/aromatic N) is 4. The summed E-state index contributed by atoms with van der Waals surface area (Å²) in [6, 6.07) is 7.72. The lowest BCUT2D eigenvalue weighted by atomic mass is 9.92. The Bertz CT molecular complexity index is 786. The van der Waals surface area contributed by atoms with Crippen molar-refractivity contribution >= 4 is 33.6 Å². The minimum absolute atomic E-state index is 0.138. The van der Waals surface area contributed by atoms with Crippen LogP contribution in [-0.4, -0.2) is 44.0 Å². The fraction of sp³-hybridized carbons (Fsp3) is 0.500. The van der Waals surface area contributed by atoms with Gasteiger partial charge >= 0.3 is 0 Å². The highest BCUT2D eigenvalue weighted by atomic mass is 79.9. The average molecular weight is 438 g/mol. The van der Waals surface area contributed by atoms with E-state index in [1.54, 1.807) is 0 Å². The van der Waals surface area contributed by atoms with Crippen LogP contribution in [0.3, 0.4) is 0 Å². The van der Waals surface area contributed by atoms with Crippen molar-refractivity contribution in [1.29, 1.82) is 0 Å². The van der Waals surface area contributed by atoms with Crippen molar-refractivity contribution in [2.24, 2.45) is 11.8 Å². The van der Waals surface area contributed by atoms with E-state index in [9.17, 15) is 4.79 Å². The minimum Gasteiger partial charge on any atom is -0.341 e. The van der Waals surface area contributed by atoms with Crippen LogP contribution in [0.4, 0.5) is 0 Å². The number of carbonyl (C=O) groups excluding carboxylic acids is 1. The third-order valence-corrected chi connectivity index (χ3v) is 6.33. The first-order valence-electron chi connectivity index (χ1n) is 8.77. The Hall–Kier alpha value is -1.54. The summed E-state index contributed by atoms with van der Waals surface area (Å²) in [6.07, 6.45) is 1.18. The third-order valence-electron chi connectivity index (χ3n) is 4.59. The zero-order chi connectivity index (χ0) is 18.8. The molecule has 1 aliphatic heterocycles. The molecule has 0 bridgehead atoms. The van der Waals surface area contributed by atoms with E-state index in [1.807, 2.05) is 36.1 Å². The second-order valence-corrected chi connectivity index (χ2v) is 9.27. The van der Waals surface area contributed by atoms with Gasteiger partial charge in [0.1, 0.15) is 0 Å². The molecule has 140 valence electrons. The first-order chi connectivity index (χ1) is 12.4. The fourth-order valence-corrected chi connectivity index (χ4v) is 4.81. The van der Waals surface area contributed by atoms with Gasteiger partial charge in [-0.3, -0.25) is 4.79 Å². The molecule has 3 unspecified atom stereocenters. The van der Waals surface area contributed by atoms with E-state index in [2.05, 4.69) is 40.0 Å². The number of benzene rings is 1. The number of nitrogen functional groups attached to an aromatic ring is 1. The van der Waals surface area contributed by atoms with Gasteiger partial charge < -0.3 is 10.7 Å². The number of piperidine rings is 1. The maximum absolute atomic E-state index is 12.8. The Labute approximate surface area is 166 Å². The quantitative estimate of drug-likeness (QED) is 0.585. The highest BCUT2D eigenvalue weighted by molar-refractivity contribution is 9.10. The van der Waals surface area contributed by atoms with Crippen LogP contribution in [0.2, 0.25) is 0 Å². The van der Waals surface area contributed by atoms with Crippen LogP contribution >= 0.6 is 27.7 Å². The number of hydrogen-bond donors (Lipinski definition) is 1. The van der Waals surface area contributed by atoms with E-state index in [1.165, 1.54) is 22.9 Å². The number of halogens is 1. The molecule has 1 saturated heterocycles. The summed E-state index contributed by atoms with van der Waals surface area (Å²) in [7, 11) is 0. The number of likely N-dealkylation sites (tertiary alicyclic amines) is 1. The minimum atomic E-state index is -0.258. The maximum atomic E-state index is 12.8. The largest absolute Gasteiger partial charge is 0.341 e. The van der Waals surface area contributed by atoms with Crippen LogP contribution in [-0.2, 0) is 4.79 Å². The SMILES string of the molecule is CC1CC(C)CN(C(=O)C(C)Sc2nnc(-c3ccccc3Br)n2N)C1. The summed E-state index contributed by atoms with van der Waals surface area (Å²) in [5.74, 6) is 7.99. The van der Waals surface area contributed by atoms with E-state index in [0.717, 1.165) is 23.1 Å². The second-order valence-electron chi connectivity index (χ2n) is 7.11. The lowest BCUT2D eigenvalue weighted by Gasteiger charge is -2.36. The molecule has 3 atom stereocenters. The van der Waals surface area contributed by atoms with E-state index in [4.69, 9.17) is 5.84 Å². The predicted molar refractivity (Wildman–Crippen MR) is 108 cm³/mol. The molecule has 1 fully saturated rings. The Morgan fingerprint density at radius 2 is 1.92 bits per heavy atom. The average Bonchev–Trinajstić information content (AvgIpc) is 2.94. The topological polar surface area (TPSA) is 77.0 Å². The summed E-state index contributed by atoms with van der Waals surface area (Å²) in [5.41, 5.74) is 0.868. The molecule has 26 heavy (non-hydrogen) atoms. The van der Waals surface area contributed by atoms with Crippen molar-refractivity contribution in [2.75, 3.05) is 18.9 Å². The summed E-state index contributed by atoms with van der Waals surface area (Å²) >= 11 is 4.86. The van der Waals surface area contributed by atoms with Gasteiger partial charge in [-0.1, -0.05) is 53.7 Å². The zero-order valence-electron chi connectivity index (χ0n) is 15.2. The number of aromatic nitrogens is 3. The lowest BCUT2D eigenvalue weighted by molar-refractivity contribution is -0.132. The number of carbonyl (C=O) groups is 1. The Morgan fingerprint density at radius 1 is 1.27 bits per heavy atom. The molecule has 1 aromatic heterocycles. The second kappa shape index (κ2) is 8.00. The Morgan fingerprint density at radius 3 is 2.58 bits per heavy atom. The van der Waals surface area contributed by atoms with Crippen molar-refractivity contribution in [3.63, 3.8) is 0 Å². The molecule has 0 radical (unpaired) electrons. The van der Waals surface area contributed by atoms with Crippen LogP contribution in [0, 0.1) is 11.8 Å². The molecule has 1 aromatic carbocycles. The van der Waals surface area contributed by atoms with Crippen LogP contribution in [0.5, 0.6) is 0 Å². The molecule has 2 aromatic rings. The molecule has 3 rings (SSSR count). The maximum Gasteiger partial charge on any atom is 0.235 e. The lowest BCUT2D eigenvalue weighted by Crippen LogP contribution is -2.45. The highest BCUT2D eigenvalue weighted by Gasteiger charge is 2.29. The number of rotatable bonds is 4. The predicted octanol–water partition coefficient (Wildman–Crippen LogP) is 3.41. The van der Waals surface area contributed by atoms with Crippen LogP contribution in [0.25, 0.3) is 11.4 Å². The number of nitrogens with two attached hydrogens (primary N) is 1. The molecule has 1 amide bonds. The molecule has 2 heterocycles. The van der Waals surface area contributed by atoms with Gasteiger partial charge in [0, 0.05) is 23.1 Å². The van der Waals surface area contributed by atoms with Crippen LogP contribution in [0.15, 0.2) is 33.9 Å². The van der Waals surface area contributed by atoms with Gasteiger partial charge in [0.05, 0.1) is 5.25 Å². The van der Waals surface area contributed by atoms with Gasteiger partial charge in [-0.2, -0.15) is 0 Å². The standard InChI is InChI=1S/C18H24BrN5OS/c1-11-8-12(2)10-23(9-11)17(25)13(3)26-18-22-21-16(24(18)20)14-6-4-5-7-15(14)19/h4-7,11-13H,8-10,20H2,1-3H3.